The number of hydrogen-bond donors (Lipinski definition) is 0. The minimum atomic E-state index is -0.568. The maximum absolute atomic E-state index is 13.3. The number of fused-ring (bicyclic) bond motifs is 1. The topological polar surface area (TPSA) is 17.1 Å². The zero-order valence-corrected chi connectivity index (χ0v) is 7.88. The third-order valence-corrected chi connectivity index (χ3v) is 2.29. The molecule has 2 rings (SSSR count). The number of hydrogen-bond acceptors (Lipinski definition) is 1. The van der Waals surface area contributed by atoms with E-state index in [0.717, 1.165) is 0 Å². The highest BCUT2D eigenvalue weighted by molar-refractivity contribution is 6.68. The molecule has 2 aromatic carbocycles. The van der Waals surface area contributed by atoms with Crippen molar-refractivity contribution in [1.82, 2.24) is 0 Å². The molecule has 1 nitrogen and oxygen atoms in total. The number of carbonyl (C=O) groups excluding carboxylic acids is 1. The Hall–Kier alpha value is -1.41. The van der Waals surface area contributed by atoms with Crippen LogP contribution in [-0.4, -0.2) is 5.24 Å². The molecule has 0 heterocycles. The smallest absolute Gasteiger partial charge is 0.253 e. The zero-order valence-electron chi connectivity index (χ0n) is 7.13. The molecule has 2 aromatic rings. The first-order chi connectivity index (χ1) is 6.70. The summed E-state index contributed by atoms with van der Waals surface area (Å²) in [5.74, 6) is -0.345. The van der Waals surface area contributed by atoms with Gasteiger partial charge in [-0.25, -0.2) is 4.39 Å². The lowest BCUT2D eigenvalue weighted by atomic mass is 10.1. The molecular formula is C11H6ClFO. The number of benzene rings is 2. The van der Waals surface area contributed by atoms with E-state index in [0.29, 0.717) is 16.3 Å². The van der Waals surface area contributed by atoms with Crippen LogP contribution in [-0.2, 0) is 0 Å². The van der Waals surface area contributed by atoms with Gasteiger partial charge in [-0.05, 0) is 29.1 Å². The number of halogens is 2. The SMILES string of the molecule is O=C(Cl)c1ccc(F)c2ccccc12. The Morgan fingerprint density at radius 2 is 1.71 bits per heavy atom. The van der Waals surface area contributed by atoms with E-state index in [1.165, 1.54) is 12.1 Å². The second kappa shape index (κ2) is 3.39. The van der Waals surface area contributed by atoms with Crippen molar-refractivity contribution >= 4 is 27.6 Å². The van der Waals surface area contributed by atoms with Gasteiger partial charge in [0, 0.05) is 10.9 Å². The molecule has 0 amide bonds. The number of rotatable bonds is 1. The molecule has 0 N–H and O–H groups in total. The molecule has 0 atom stereocenters. The minimum Gasteiger partial charge on any atom is -0.276 e. The predicted molar refractivity (Wildman–Crippen MR) is 54.1 cm³/mol. The Labute approximate surface area is 85.1 Å². The van der Waals surface area contributed by atoms with Gasteiger partial charge in [0.1, 0.15) is 5.82 Å². The minimum absolute atomic E-state index is 0.337. The van der Waals surface area contributed by atoms with Gasteiger partial charge in [-0.2, -0.15) is 0 Å². The maximum Gasteiger partial charge on any atom is 0.253 e. The molecule has 0 radical (unpaired) electrons. The Balaban J connectivity index is 2.88. The van der Waals surface area contributed by atoms with E-state index in [9.17, 15) is 9.18 Å². The van der Waals surface area contributed by atoms with Gasteiger partial charge in [-0.1, -0.05) is 24.3 Å². The Kier molecular flexibility index (Phi) is 2.22. The largest absolute Gasteiger partial charge is 0.276 e. The molecule has 0 aliphatic heterocycles. The van der Waals surface area contributed by atoms with E-state index in [1.54, 1.807) is 24.3 Å². The zero-order chi connectivity index (χ0) is 10.1. The van der Waals surface area contributed by atoms with Crippen LogP contribution in [0.2, 0.25) is 0 Å². The van der Waals surface area contributed by atoms with Gasteiger partial charge in [0.05, 0.1) is 0 Å². The summed E-state index contributed by atoms with van der Waals surface area (Å²) in [5.41, 5.74) is 0.337. The van der Waals surface area contributed by atoms with Crippen molar-refractivity contribution in [2.75, 3.05) is 0 Å². The molecule has 0 saturated heterocycles. The average molecular weight is 209 g/mol. The van der Waals surface area contributed by atoms with E-state index in [4.69, 9.17) is 11.6 Å². The van der Waals surface area contributed by atoms with Gasteiger partial charge in [-0.3, -0.25) is 4.79 Å². The highest BCUT2D eigenvalue weighted by Gasteiger charge is 2.09. The Bertz CT molecular complexity index is 508. The van der Waals surface area contributed by atoms with Crippen LogP contribution in [0.1, 0.15) is 10.4 Å². The van der Waals surface area contributed by atoms with Crippen molar-refractivity contribution in [3.05, 3.63) is 47.8 Å². The van der Waals surface area contributed by atoms with Gasteiger partial charge in [0.15, 0.2) is 0 Å². The summed E-state index contributed by atoms with van der Waals surface area (Å²) < 4.78 is 13.3. The summed E-state index contributed by atoms with van der Waals surface area (Å²) in [7, 11) is 0. The van der Waals surface area contributed by atoms with Crippen LogP contribution >= 0.6 is 11.6 Å². The number of carbonyl (C=O) groups is 1. The molecule has 0 spiro atoms. The summed E-state index contributed by atoms with van der Waals surface area (Å²) in [6.07, 6.45) is 0. The lowest BCUT2D eigenvalue weighted by Gasteiger charge is -2.02. The first-order valence-corrected chi connectivity index (χ1v) is 4.45. The van der Waals surface area contributed by atoms with Crippen LogP contribution < -0.4 is 0 Å². The van der Waals surface area contributed by atoms with Crippen molar-refractivity contribution < 1.29 is 9.18 Å². The third-order valence-electron chi connectivity index (χ3n) is 2.08. The van der Waals surface area contributed by atoms with Crippen molar-refractivity contribution in [2.45, 2.75) is 0 Å². The van der Waals surface area contributed by atoms with Crippen molar-refractivity contribution in [3.8, 4) is 0 Å². The van der Waals surface area contributed by atoms with Crippen LogP contribution in [0.4, 0.5) is 4.39 Å². The van der Waals surface area contributed by atoms with Crippen LogP contribution in [0, 0.1) is 5.82 Å². The average Bonchev–Trinajstić information content (AvgIpc) is 2.18. The highest BCUT2D eigenvalue weighted by Crippen LogP contribution is 2.22. The van der Waals surface area contributed by atoms with Crippen molar-refractivity contribution in [2.24, 2.45) is 0 Å². The van der Waals surface area contributed by atoms with Gasteiger partial charge < -0.3 is 0 Å². The van der Waals surface area contributed by atoms with Crippen molar-refractivity contribution in [1.29, 1.82) is 0 Å². The quantitative estimate of drug-likeness (QED) is 0.657. The van der Waals surface area contributed by atoms with Crippen LogP contribution in [0.3, 0.4) is 0 Å². The fourth-order valence-corrected chi connectivity index (χ4v) is 1.60. The molecule has 70 valence electrons. The van der Waals surface area contributed by atoms with Gasteiger partial charge in [-0.15, -0.1) is 0 Å². The predicted octanol–water partition coefficient (Wildman–Crippen LogP) is 3.36. The Morgan fingerprint density at radius 1 is 1.07 bits per heavy atom. The first kappa shape index (κ1) is 9.16. The molecule has 3 heteroatoms. The third kappa shape index (κ3) is 1.38. The lowest BCUT2D eigenvalue weighted by molar-refractivity contribution is 0.108. The standard InChI is InChI=1S/C11H6ClFO/c12-11(14)9-5-6-10(13)8-4-2-1-3-7(8)9/h1-6H. The molecule has 0 saturated carbocycles. The lowest BCUT2D eigenvalue weighted by Crippen LogP contribution is -1.92. The normalized spacial score (nSPS) is 10.4. The first-order valence-electron chi connectivity index (χ1n) is 4.07. The van der Waals surface area contributed by atoms with E-state index in [2.05, 4.69) is 0 Å². The molecule has 0 unspecified atom stereocenters. The molecule has 0 fully saturated rings. The summed E-state index contributed by atoms with van der Waals surface area (Å²) in [6.45, 7) is 0. The van der Waals surface area contributed by atoms with E-state index in [-0.39, 0.29) is 5.82 Å². The molecular weight excluding hydrogens is 203 g/mol. The molecule has 0 bridgehead atoms. The highest BCUT2D eigenvalue weighted by atomic mass is 35.5. The Morgan fingerprint density at radius 3 is 2.36 bits per heavy atom. The van der Waals surface area contributed by atoms with Gasteiger partial charge in [0.25, 0.3) is 5.24 Å². The monoisotopic (exact) mass is 208 g/mol. The van der Waals surface area contributed by atoms with Crippen LogP contribution in [0.25, 0.3) is 10.8 Å². The fourth-order valence-electron chi connectivity index (χ4n) is 1.43. The fraction of sp³-hybridized carbons (Fsp3) is 0. The summed E-state index contributed by atoms with van der Waals surface area (Å²) in [6, 6.07) is 9.39. The maximum atomic E-state index is 13.3. The second-order valence-corrected chi connectivity index (χ2v) is 3.26. The second-order valence-electron chi connectivity index (χ2n) is 2.91. The summed E-state index contributed by atoms with van der Waals surface area (Å²) in [4.78, 5) is 11.0. The van der Waals surface area contributed by atoms with Crippen LogP contribution in [0.5, 0.6) is 0 Å². The summed E-state index contributed by atoms with van der Waals surface area (Å²) >= 11 is 5.37. The molecule has 14 heavy (non-hydrogen) atoms. The molecule has 0 aromatic heterocycles. The van der Waals surface area contributed by atoms with E-state index < -0.39 is 5.24 Å². The van der Waals surface area contributed by atoms with Gasteiger partial charge >= 0.3 is 0 Å². The summed E-state index contributed by atoms with van der Waals surface area (Å²) in [5, 5.41) is 0.396. The van der Waals surface area contributed by atoms with E-state index in [1.807, 2.05) is 0 Å². The molecule has 0 aliphatic rings. The van der Waals surface area contributed by atoms with Crippen LogP contribution in [0.15, 0.2) is 36.4 Å². The van der Waals surface area contributed by atoms with Gasteiger partial charge in [0.2, 0.25) is 0 Å². The molecule has 0 aliphatic carbocycles. The van der Waals surface area contributed by atoms with E-state index >= 15 is 0 Å². The van der Waals surface area contributed by atoms with Crippen molar-refractivity contribution in [3.63, 3.8) is 0 Å².